The van der Waals surface area contributed by atoms with Crippen molar-refractivity contribution in [2.75, 3.05) is 5.43 Å². The summed E-state index contributed by atoms with van der Waals surface area (Å²) >= 11 is 0. The molecular formula is C25H20F3N3O. The molecule has 0 radical (unpaired) electrons. The van der Waals surface area contributed by atoms with Crippen molar-refractivity contribution in [1.29, 1.82) is 0 Å². The van der Waals surface area contributed by atoms with Crippen LogP contribution in [0, 0.1) is 6.92 Å². The van der Waals surface area contributed by atoms with E-state index in [-0.39, 0.29) is 5.82 Å². The van der Waals surface area contributed by atoms with E-state index in [4.69, 9.17) is 4.74 Å². The molecule has 162 valence electrons. The molecule has 0 aliphatic carbocycles. The van der Waals surface area contributed by atoms with Crippen molar-refractivity contribution >= 4 is 22.8 Å². The second-order valence-corrected chi connectivity index (χ2v) is 7.27. The fourth-order valence-electron chi connectivity index (χ4n) is 3.17. The van der Waals surface area contributed by atoms with Gasteiger partial charge in [0, 0.05) is 11.8 Å². The van der Waals surface area contributed by atoms with E-state index in [9.17, 15) is 13.2 Å². The number of hydrogen-bond acceptors (Lipinski definition) is 4. The van der Waals surface area contributed by atoms with Crippen molar-refractivity contribution in [3.63, 3.8) is 0 Å². The lowest BCUT2D eigenvalue weighted by atomic mass is 10.0. The third-order valence-corrected chi connectivity index (χ3v) is 4.91. The van der Waals surface area contributed by atoms with Gasteiger partial charge in [0.25, 0.3) is 0 Å². The summed E-state index contributed by atoms with van der Waals surface area (Å²) in [5.41, 5.74) is 4.84. The minimum atomic E-state index is -4.43. The molecule has 0 aliphatic heterocycles. The van der Waals surface area contributed by atoms with Crippen LogP contribution in [0.2, 0.25) is 0 Å². The zero-order valence-corrected chi connectivity index (χ0v) is 17.2. The number of halogens is 3. The minimum absolute atomic E-state index is 0.205. The third-order valence-electron chi connectivity index (χ3n) is 4.91. The van der Waals surface area contributed by atoms with Crippen LogP contribution in [0.1, 0.15) is 22.3 Å². The van der Waals surface area contributed by atoms with Crippen LogP contribution in [0.15, 0.2) is 84.1 Å². The van der Waals surface area contributed by atoms with Gasteiger partial charge in [-0.3, -0.25) is 5.43 Å². The van der Waals surface area contributed by atoms with Crippen LogP contribution < -0.4 is 10.2 Å². The highest BCUT2D eigenvalue weighted by Crippen LogP contribution is 2.29. The number of nitrogens with one attached hydrogen (secondary N) is 1. The molecule has 32 heavy (non-hydrogen) atoms. The summed E-state index contributed by atoms with van der Waals surface area (Å²) in [6.07, 6.45) is -2.07. The largest absolute Gasteiger partial charge is 0.488 e. The number of benzene rings is 3. The van der Waals surface area contributed by atoms with E-state index in [0.717, 1.165) is 34.2 Å². The first-order valence-electron chi connectivity index (χ1n) is 9.92. The van der Waals surface area contributed by atoms with Gasteiger partial charge in [-0.05, 0) is 41.5 Å². The summed E-state index contributed by atoms with van der Waals surface area (Å²) in [7, 11) is 0. The van der Waals surface area contributed by atoms with Crippen LogP contribution in [0.4, 0.5) is 19.0 Å². The molecule has 1 N–H and O–H groups in total. The quantitative estimate of drug-likeness (QED) is 0.275. The Labute approximate surface area is 183 Å². The Balaban J connectivity index is 1.56. The van der Waals surface area contributed by atoms with Gasteiger partial charge in [-0.1, -0.05) is 60.2 Å². The Hall–Kier alpha value is -3.87. The molecule has 3 aromatic carbocycles. The summed E-state index contributed by atoms with van der Waals surface area (Å²) in [6, 6.07) is 22.0. The maximum absolute atomic E-state index is 12.7. The Bertz CT molecular complexity index is 1230. The van der Waals surface area contributed by atoms with Gasteiger partial charge >= 0.3 is 6.18 Å². The Morgan fingerprint density at radius 1 is 0.969 bits per heavy atom. The van der Waals surface area contributed by atoms with Crippen LogP contribution in [-0.4, -0.2) is 11.2 Å². The van der Waals surface area contributed by atoms with Crippen molar-refractivity contribution in [3.05, 3.63) is 101 Å². The number of hydrazone groups is 1. The molecular weight excluding hydrogens is 415 g/mol. The van der Waals surface area contributed by atoms with Crippen LogP contribution in [-0.2, 0) is 12.8 Å². The number of fused-ring (bicyclic) bond motifs is 1. The molecule has 0 bridgehead atoms. The fourth-order valence-corrected chi connectivity index (χ4v) is 3.17. The lowest BCUT2D eigenvalue weighted by Gasteiger charge is -2.12. The zero-order valence-electron chi connectivity index (χ0n) is 17.2. The predicted molar refractivity (Wildman–Crippen MR) is 120 cm³/mol. The third kappa shape index (κ3) is 5.06. The highest BCUT2D eigenvalue weighted by Gasteiger charge is 2.30. The van der Waals surface area contributed by atoms with Gasteiger partial charge in [0.05, 0.1) is 11.8 Å². The molecule has 0 aliphatic rings. The van der Waals surface area contributed by atoms with Crippen LogP contribution in [0.25, 0.3) is 10.8 Å². The molecule has 7 heteroatoms. The highest BCUT2D eigenvalue weighted by molar-refractivity contribution is 6.02. The van der Waals surface area contributed by atoms with Crippen molar-refractivity contribution < 1.29 is 17.9 Å². The van der Waals surface area contributed by atoms with Crippen LogP contribution in [0.5, 0.6) is 5.75 Å². The molecule has 0 fully saturated rings. The topological polar surface area (TPSA) is 46.5 Å². The second-order valence-electron chi connectivity index (χ2n) is 7.27. The van der Waals surface area contributed by atoms with Crippen molar-refractivity contribution in [3.8, 4) is 5.75 Å². The van der Waals surface area contributed by atoms with E-state index in [1.165, 1.54) is 11.6 Å². The summed E-state index contributed by atoms with van der Waals surface area (Å²) in [5, 5.41) is 6.14. The first kappa shape index (κ1) is 21.4. The van der Waals surface area contributed by atoms with Crippen LogP contribution >= 0.6 is 0 Å². The molecule has 0 amide bonds. The number of alkyl halides is 3. The number of pyridine rings is 1. The number of anilines is 1. The first-order valence-corrected chi connectivity index (χ1v) is 9.92. The Morgan fingerprint density at radius 3 is 2.47 bits per heavy atom. The van der Waals surface area contributed by atoms with Gasteiger partial charge < -0.3 is 4.74 Å². The standard InChI is InChI=1S/C25H20F3N3O/c1-17-6-8-18(9-7-17)16-32-23-12-10-19-4-2-3-5-21(19)22(23)15-30-31-24-13-11-20(14-29-24)25(26,27)28/h2-15H,16H2,1H3,(H,29,31)/b30-15-. The second kappa shape index (κ2) is 9.09. The van der Waals surface area contributed by atoms with E-state index >= 15 is 0 Å². The molecule has 0 spiro atoms. The number of aryl methyl sites for hydroxylation is 1. The normalized spacial score (nSPS) is 11.8. The smallest absolute Gasteiger partial charge is 0.417 e. The lowest BCUT2D eigenvalue weighted by Crippen LogP contribution is -2.05. The van der Waals surface area contributed by atoms with Gasteiger partial charge in [0.1, 0.15) is 18.2 Å². The highest BCUT2D eigenvalue weighted by atomic mass is 19.4. The number of aromatic nitrogens is 1. The van der Waals surface area contributed by atoms with Crippen molar-refractivity contribution in [2.45, 2.75) is 19.7 Å². The van der Waals surface area contributed by atoms with E-state index in [0.29, 0.717) is 12.4 Å². The Kier molecular flexibility index (Phi) is 6.07. The Morgan fingerprint density at radius 2 is 1.75 bits per heavy atom. The van der Waals surface area contributed by atoms with Gasteiger partial charge in [-0.25, -0.2) is 4.98 Å². The van der Waals surface area contributed by atoms with E-state index in [1.807, 2.05) is 67.6 Å². The predicted octanol–water partition coefficient (Wildman–Crippen LogP) is 6.59. The average Bonchev–Trinajstić information content (AvgIpc) is 2.79. The molecule has 1 heterocycles. The first-order chi connectivity index (χ1) is 15.4. The van der Waals surface area contributed by atoms with E-state index in [1.54, 1.807) is 6.21 Å². The van der Waals surface area contributed by atoms with Crippen molar-refractivity contribution in [1.82, 2.24) is 4.98 Å². The van der Waals surface area contributed by atoms with Gasteiger partial charge in [-0.15, -0.1) is 0 Å². The monoisotopic (exact) mass is 435 g/mol. The average molecular weight is 435 g/mol. The number of rotatable bonds is 6. The van der Waals surface area contributed by atoms with Gasteiger partial charge in [0.15, 0.2) is 0 Å². The summed E-state index contributed by atoms with van der Waals surface area (Å²) in [6.45, 7) is 2.43. The molecule has 4 nitrogen and oxygen atoms in total. The maximum atomic E-state index is 12.7. The van der Waals surface area contributed by atoms with E-state index < -0.39 is 11.7 Å². The summed E-state index contributed by atoms with van der Waals surface area (Å²) in [5.74, 6) is 0.854. The van der Waals surface area contributed by atoms with Gasteiger partial charge in [0.2, 0.25) is 0 Å². The molecule has 4 rings (SSSR count). The molecule has 0 unspecified atom stereocenters. The molecule has 1 aromatic heterocycles. The molecule has 4 aromatic rings. The number of nitrogens with zero attached hydrogens (tertiary/aromatic N) is 2. The van der Waals surface area contributed by atoms with Crippen molar-refractivity contribution in [2.24, 2.45) is 5.10 Å². The zero-order chi connectivity index (χ0) is 22.6. The van der Waals surface area contributed by atoms with Gasteiger partial charge in [-0.2, -0.15) is 18.3 Å². The van der Waals surface area contributed by atoms with Crippen LogP contribution in [0.3, 0.4) is 0 Å². The number of ether oxygens (including phenoxy) is 1. The molecule has 0 atom stereocenters. The SMILES string of the molecule is Cc1ccc(COc2ccc3ccccc3c2/C=N\Nc2ccc(C(F)(F)F)cn2)cc1. The maximum Gasteiger partial charge on any atom is 0.417 e. The molecule has 0 saturated carbocycles. The number of hydrogen-bond donors (Lipinski definition) is 1. The summed E-state index contributed by atoms with van der Waals surface area (Å²) in [4.78, 5) is 3.77. The van der Waals surface area contributed by atoms with E-state index in [2.05, 4.69) is 15.5 Å². The fraction of sp³-hybridized carbons (Fsp3) is 0.120. The lowest BCUT2D eigenvalue weighted by molar-refractivity contribution is -0.137. The molecule has 0 saturated heterocycles. The summed E-state index contributed by atoms with van der Waals surface area (Å²) < 4.78 is 44.2. The minimum Gasteiger partial charge on any atom is -0.488 e.